The molecule has 0 spiro atoms. The van der Waals surface area contributed by atoms with E-state index < -0.39 is 17.9 Å². The van der Waals surface area contributed by atoms with E-state index in [-0.39, 0.29) is 6.54 Å². The van der Waals surface area contributed by atoms with Crippen LogP contribution in [0.5, 0.6) is 0 Å². The lowest BCUT2D eigenvalue weighted by atomic mass is 10.0. The first-order valence-corrected chi connectivity index (χ1v) is 7.35. The number of amides is 2. The van der Waals surface area contributed by atoms with Gasteiger partial charge in [-0.3, -0.25) is 9.59 Å². The first-order valence-electron chi connectivity index (χ1n) is 7.35. The highest BCUT2D eigenvalue weighted by Crippen LogP contribution is 2.17. The zero-order chi connectivity index (χ0) is 15.4. The van der Waals surface area contributed by atoms with Crippen molar-refractivity contribution in [1.29, 1.82) is 0 Å². The van der Waals surface area contributed by atoms with Gasteiger partial charge in [0, 0.05) is 18.8 Å². The molecule has 21 heavy (non-hydrogen) atoms. The van der Waals surface area contributed by atoms with E-state index in [2.05, 4.69) is 19.2 Å². The minimum absolute atomic E-state index is 0.235. The van der Waals surface area contributed by atoms with Crippen LogP contribution < -0.4 is 5.32 Å². The fourth-order valence-electron chi connectivity index (χ4n) is 2.42. The van der Waals surface area contributed by atoms with Gasteiger partial charge in [-0.2, -0.15) is 0 Å². The van der Waals surface area contributed by atoms with E-state index in [4.69, 9.17) is 0 Å². The van der Waals surface area contributed by atoms with Crippen LogP contribution in [-0.2, 0) is 9.59 Å². The maximum absolute atomic E-state index is 12.0. The van der Waals surface area contributed by atoms with E-state index in [0.717, 1.165) is 6.42 Å². The van der Waals surface area contributed by atoms with E-state index in [1.165, 1.54) is 10.5 Å². The van der Waals surface area contributed by atoms with Crippen LogP contribution in [0.4, 0.5) is 5.69 Å². The number of aliphatic hydroxyl groups is 1. The van der Waals surface area contributed by atoms with Gasteiger partial charge in [0.15, 0.2) is 0 Å². The molecular weight excluding hydrogens is 268 g/mol. The molecule has 1 aliphatic rings. The zero-order valence-electron chi connectivity index (χ0n) is 12.5. The van der Waals surface area contributed by atoms with E-state index in [0.29, 0.717) is 24.6 Å². The Morgan fingerprint density at radius 1 is 1.29 bits per heavy atom. The van der Waals surface area contributed by atoms with E-state index in [9.17, 15) is 14.7 Å². The Labute approximate surface area is 125 Å². The van der Waals surface area contributed by atoms with Crippen molar-refractivity contribution in [3.05, 3.63) is 29.8 Å². The van der Waals surface area contributed by atoms with Gasteiger partial charge in [0.25, 0.3) is 0 Å². The fourth-order valence-corrected chi connectivity index (χ4v) is 2.42. The van der Waals surface area contributed by atoms with Crippen LogP contribution in [0.2, 0.25) is 0 Å². The second-order valence-electron chi connectivity index (χ2n) is 5.78. The number of aliphatic hydroxyl groups excluding tert-OH is 1. The van der Waals surface area contributed by atoms with Gasteiger partial charge in [-0.25, -0.2) is 0 Å². The fraction of sp³-hybridized carbons (Fsp3) is 0.500. The summed E-state index contributed by atoms with van der Waals surface area (Å²) in [6, 6.07) is 7.47. The van der Waals surface area contributed by atoms with Crippen LogP contribution in [-0.4, -0.2) is 41.0 Å². The summed E-state index contributed by atoms with van der Waals surface area (Å²) in [6.45, 7) is 4.95. The van der Waals surface area contributed by atoms with Crippen LogP contribution in [0.3, 0.4) is 0 Å². The van der Waals surface area contributed by atoms with Crippen LogP contribution >= 0.6 is 0 Å². The summed E-state index contributed by atoms with van der Waals surface area (Å²) in [6.07, 6.45) is 0.881. The molecule has 2 amide bonds. The minimum Gasteiger partial charge on any atom is -0.391 e. The number of benzene rings is 1. The highest BCUT2D eigenvalue weighted by Gasteiger charge is 2.26. The summed E-state index contributed by atoms with van der Waals surface area (Å²) < 4.78 is 0. The van der Waals surface area contributed by atoms with E-state index >= 15 is 0 Å². The molecule has 5 heteroatoms. The van der Waals surface area contributed by atoms with E-state index in [1.54, 1.807) is 12.1 Å². The Morgan fingerprint density at radius 2 is 1.95 bits per heavy atom. The van der Waals surface area contributed by atoms with Crippen molar-refractivity contribution in [2.45, 2.75) is 38.7 Å². The van der Waals surface area contributed by atoms with Gasteiger partial charge in [0.1, 0.15) is 0 Å². The highest BCUT2D eigenvalue weighted by atomic mass is 16.3. The molecule has 0 radical (unpaired) electrons. The molecule has 1 heterocycles. The van der Waals surface area contributed by atoms with E-state index in [1.807, 2.05) is 12.1 Å². The Hall–Kier alpha value is -1.88. The van der Waals surface area contributed by atoms with Gasteiger partial charge in [-0.05, 0) is 36.5 Å². The molecule has 1 aromatic carbocycles. The number of rotatable bonds is 2. The average molecular weight is 290 g/mol. The van der Waals surface area contributed by atoms with Crippen molar-refractivity contribution >= 4 is 17.5 Å². The lowest BCUT2D eigenvalue weighted by Crippen LogP contribution is -2.46. The maximum atomic E-state index is 12.0. The van der Waals surface area contributed by atoms with Crippen molar-refractivity contribution in [3.8, 4) is 0 Å². The van der Waals surface area contributed by atoms with Gasteiger partial charge in [0.2, 0.25) is 0 Å². The molecule has 114 valence electrons. The van der Waals surface area contributed by atoms with Crippen LogP contribution in [0.25, 0.3) is 0 Å². The quantitative estimate of drug-likeness (QED) is 0.815. The summed E-state index contributed by atoms with van der Waals surface area (Å²) in [5.74, 6) is -0.811. The number of hydrogen-bond donors (Lipinski definition) is 2. The molecule has 0 bridgehead atoms. The molecule has 5 nitrogen and oxygen atoms in total. The number of likely N-dealkylation sites (tertiary alicyclic amines) is 1. The number of nitrogens with zero attached hydrogens (tertiary/aromatic N) is 1. The first kappa shape index (κ1) is 15.5. The molecular formula is C16H22N2O3. The number of anilines is 1. The number of nitrogens with one attached hydrogen (secondary N) is 1. The summed E-state index contributed by atoms with van der Waals surface area (Å²) in [5.41, 5.74) is 1.79. The molecule has 1 fully saturated rings. The van der Waals surface area contributed by atoms with Crippen LogP contribution in [0.1, 0.15) is 38.2 Å². The average Bonchev–Trinajstić information content (AvgIpc) is 2.47. The van der Waals surface area contributed by atoms with Crippen molar-refractivity contribution in [2.75, 3.05) is 18.4 Å². The molecule has 2 N–H and O–H groups in total. The molecule has 1 saturated heterocycles. The summed E-state index contributed by atoms with van der Waals surface area (Å²) in [7, 11) is 0. The van der Waals surface area contributed by atoms with Crippen molar-refractivity contribution in [1.82, 2.24) is 4.90 Å². The Morgan fingerprint density at radius 3 is 2.52 bits per heavy atom. The number of hydrogen-bond acceptors (Lipinski definition) is 3. The third-order valence-corrected chi connectivity index (χ3v) is 3.71. The third-order valence-electron chi connectivity index (χ3n) is 3.71. The Kier molecular flexibility index (Phi) is 4.96. The summed E-state index contributed by atoms with van der Waals surface area (Å²) in [4.78, 5) is 25.4. The topological polar surface area (TPSA) is 69.6 Å². The van der Waals surface area contributed by atoms with Gasteiger partial charge < -0.3 is 15.3 Å². The number of carbonyl (C=O) groups excluding carboxylic acids is 2. The maximum Gasteiger partial charge on any atom is 0.313 e. The molecule has 0 saturated carbocycles. The molecule has 1 unspecified atom stereocenters. The molecule has 2 rings (SSSR count). The van der Waals surface area contributed by atoms with Gasteiger partial charge >= 0.3 is 11.8 Å². The molecule has 1 aromatic rings. The van der Waals surface area contributed by atoms with Crippen molar-refractivity contribution < 1.29 is 14.7 Å². The number of β-amino-alcohol motifs (C(OH)–C–C–N with tert-alkyl or cyclic N) is 1. The molecule has 0 aromatic heterocycles. The lowest BCUT2D eigenvalue weighted by Gasteiger charge is -2.29. The van der Waals surface area contributed by atoms with Gasteiger partial charge in [-0.1, -0.05) is 26.0 Å². The predicted octanol–water partition coefficient (Wildman–Crippen LogP) is 1.73. The summed E-state index contributed by atoms with van der Waals surface area (Å²) >= 11 is 0. The normalized spacial score (nSPS) is 18.7. The molecule has 0 aliphatic carbocycles. The minimum atomic E-state index is -0.651. The van der Waals surface area contributed by atoms with Crippen molar-refractivity contribution in [3.63, 3.8) is 0 Å². The molecule has 1 aliphatic heterocycles. The first-order chi connectivity index (χ1) is 9.97. The zero-order valence-corrected chi connectivity index (χ0v) is 12.5. The molecule has 1 atom stereocenters. The third kappa shape index (κ3) is 4.04. The number of carbonyl (C=O) groups is 2. The van der Waals surface area contributed by atoms with Crippen LogP contribution in [0, 0.1) is 0 Å². The standard InChI is InChI=1S/C16H22N2O3/c1-11(2)12-5-7-13(8-6-12)17-15(20)16(21)18-9-3-4-14(19)10-18/h5-8,11,14,19H,3-4,9-10H2,1-2H3,(H,17,20). The second-order valence-corrected chi connectivity index (χ2v) is 5.78. The second kappa shape index (κ2) is 6.72. The smallest absolute Gasteiger partial charge is 0.313 e. The summed E-state index contributed by atoms with van der Waals surface area (Å²) in [5, 5.41) is 12.2. The van der Waals surface area contributed by atoms with Gasteiger partial charge in [0.05, 0.1) is 6.10 Å². The van der Waals surface area contributed by atoms with Gasteiger partial charge in [-0.15, -0.1) is 0 Å². The number of piperidine rings is 1. The predicted molar refractivity (Wildman–Crippen MR) is 81.0 cm³/mol. The van der Waals surface area contributed by atoms with Crippen LogP contribution in [0.15, 0.2) is 24.3 Å². The monoisotopic (exact) mass is 290 g/mol. The highest BCUT2D eigenvalue weighted by molar-refractivity contribution is 6.39. The lowest BCUT2D eigenvalue weighted by molar-refractivity contribution is -0.145. The Balaban J connectivity index is 1.95. The largest absolute Gasteiger partial charge is 0.391 e. The van der Waals surface area contributed by atoms with Crippen molar-refractivity contribution in [2.24, 2.45) is 0 Å². The Bertz CT molecular complexity index is 511. The SMILES string of the molecule is CC(C)c1ccc(NC(=O)C(=O)N2CCCC(O)C2)cc1.